The van der Waals surface area contributed by atoms with Crippen LogP contribution >= 0.6 is 0 Å². The third kappa shape index (κ3) is 4.97. The molecule has 0 aliphatic rings. The number of hydrogen-bond donors (Lipinski definition) is 0. The molecule has 0 atom stereocenters. The van der Waals surface area contributed by atoms with Gasteiger partial charge < -0.3 is 9.80 Å². The van der Waals surface area contributed by atoms with Crippen LogP contribution < -0.4 is 9.80 Å². The van der Waals surface area contributed by atoms with Gasteiger partial charge in [0.2, 0.25) is 0 Å². The van der Waals surface area contributed by atoms with E-state index in [-0.39, 0.29) is 0 Å². The van der Waals surface area contributed by atoms with Crippen molar-refractivity contribution in [2.24, 2.45) is 0 Å². The van der Waals surface area contributed by atoms with E-state index in [9.17, 15) is 0 Å². The molecule has 0 amide bonds. The average Bonchev–Trinajstić information content (AvgIpc) is 2.95. The van der Waals surface area contributed by atoms with Crippen molar-refractivity contribution in [1.82, 2.24) is 0 Å². The molecular weight excluding hydrogens is 484 g/mol. The Labute approximate surface area is 237 Å². The van der Waals surface area contributed by atoms with Crippen LogP contribution in [0.4, 0.5) is 34.1 Å². The fourth-order valence-electron chi connectivity index (χ4n) is 5.58. The molecule has 2 nitrogen and oxygen atoms in total. The highest BCUT2D eigenvalue weighted by molar-refractivity contribution is 6.07. The predicted octanol–water partition coefficient (Wildman–Crippen LogP) is 11.0. The molecule has 40 heavy (non-hydrogen) atoms. The summed E-state index contributed by atoms with van der Waals surface area (Å²) in [4.78, 5) is 4.77. The van der Waals surface area contributed by atoms with Crippen LogP contribution in [0.3, 0.4) is 0 Å². The normalized spacial score (nSPS) is 11.0. The van der Waals surface area contributed by atoms with Crippen LogP contribution in [0.5, 0.6) is 0 Å². The van der Waals surface area contributed by atoms with E-state index >= 15 is 0 Å². The van der Waals surface area contributed by atoms with E-state index in [1.54, 1.807) is 0 Å². The summed E-state index contributed by atoms with van der Waals surface area (Å²) >= 11 is 0. The maximum atomic E-state index is 2.38. The van der Waals surface area contributed by atoms with Crippen molar-refractivity contribution >= 4 is 44.9 Å². The van der Waals surface area contributed by atoms with Crippen molar-refractivity contribution in [1.29, 1.82) is 0 Å². The number of fused-ring (bicyclic) bond motifs is 1. The molecule has 6 aromatic carbocycles. The molecule has 0 bridgehead atoms. The lowest BCUT2D eigenvalue weighted by atomic mass is 10.0. The standard InChI is InChI=1S/C38H34N2/c1-27-11-7-15-31(23-27)39(32-16-8-12-28(2)24-32)37-21-22-38(36-20-6-5-19-35(36)37)40(33-17-9-13-29(3)25-33)34-18-10-14-30(4)26-34/h5-26H,1-4H3. The zero-order valence-electron chi connectivity index (χ0n) is 23.6. The smallest absolute Gasteiger partial charge is 0.0541 e. The monoisotopic (exact) mass is 518 g/mol. The molecule has 0 aliphatic carbocycles. The van der Waals surface area contributed by atoms with E-state index in [2.05, 4.69) is 171 Å². The first kappa shape index (κ1) is 25.5. The van der Waals surface area contributed by atoms with E-state index in [0.717, 1.165) is 34.1 Å². The predicted molar refractivity (Wildman–Crippen MR) is 172 cm³/mol. The Bertz CT molecular complexity index is 1590. The fourth-order valence-corrected chi connectivity index (χ4v) is 5.58. The molecule has 196 valence electrons. The molecule has 2 heteroatoms. The summed E-state index contributed by atoms with van der Waals surface area (Å²) in [6, 6.07) is 48.3. The topological polar surface area (TPSA) is 6.48 Å². The van der Waals surface area contributed by atoms with Crippen LogP contribution in [0, 0.1) is 27.7 Å². The van der Waals surface area contributed by atoms with Crippen LogP contribution in [0.25, 0.3) is 10.8 Å². The highest BCUT2D eigenvalue weighted by Gasteiger charge is 2.21. The van der Waals surface area contributed by atoms with E-state index in [1.165, 1.54) is 33.0 Å². The van der Waals surface area contributed by atoms with E-state index in [4.69, 9.17) is 0 Å². The Balaban J connectivity index is 1.62. The second-order valence-corrected chi connectivity index (χ2v) is 10.7. The molecule has 0 aromatic heterocycles. The molecule has 0 radical (unpaired) electrons. The molecule has 6 aromatic rings. The van der Waals surface area contributed by atoms with Crippen molar-refractivity contribution in [2.45, 2.75) is 27.7 Å². The van der Waals surface area contributed by atoms with E-state index in [0.29, 0.717) is 0 Å². The van der Waals surface area contributed by atoms with Gasteiger partial charge in [0, 0.05) is 33.5 Å². The van der Waals surface area contributed by atoms with Gasteiger partial charge in [-0.15, -0.1) is 0 Å². The summed E-state index contributed by atoms with van der Waals surface area (Å²) in [6.07, 6.45) is 0. The summed E-state index contributed by atoms with van der Waals surface area (Å²) in [7, 11) is 0. The van der Waals surface area contributed by atoms with Crippen LogP contribution in [0.2, 0.25) is 0 Å². The van der Waals surface area contributed by atoms with Crippen molar-refractivity contribution in [2.75, 3.05) is 9.80 Å². The number of nitrogens with zero attached hydrogens (tertiary/aromatic N) is 2. The molecule has 6 rings (SSSR count). The van der Waals surface area contributed by atoms with Crippen LogP contribution in [-0.4, -0.2) is 0 Å². The SMILES string of the molecule is Cc1cccc(N(c2cccc(C)c2)c2ccc(N(c3cccc(C)c3)c3cccc(C)c3)c3ccccc23)c1. The highest BCUT2D eigenvalue weighted by atomic mass is 15.2. The van der Waals surface area contributed by atoms with Gasteiger partial charge in [0.25, 0.3) is 0 Å². The Morgan fingerprint density at radius 3 is 0.900 bits per heavy atom. The first-order chi connectivity index (χ1) is 19.5. The Kier molecular flexibility index (Phi) is 6.84. The molecule has 0 saturated heterocycles. The number of hydrogen-bond acceptors (Lipinski definition) is 2. The lowest BCUT2D eigenvalue weighted by molar-refractivity contribution is 1.25. The largest absolute Gasteiger partial charge is 0.310 e. The zero-order chi connectivity index (χ0) is 27.6. The number of aryl methyl sites for hydroxylation is 4. The summed E-state index contributed by atoms with van der Waals surface area (Å²) in [6.45, 7) is 8.61. The van der Waals surface area contributed by atoms with Crippen LogP contribution in [0.1, 0.15) is 22.3 Å². The second kappa shape index (κ2) is 10.7. The quantitative estimate of drug-likeness (QED) is 0.216. The van der Waals surface area contributed by atoms with E-state index in [1.807, 2.05) is 0 Å². The maximum absolute atomic E-state index is 2.38. The summed E-state index contributed by atoms with van der Waals surface area (Å²) in [5, 5.41) is 2.40. The summed E-state index contributed by atoms with van der Waals surface area (Å²) < 4.78 is 0. The zero-order valence-corrected chi connectivity index (χ0v) is 23.6. The number of benzene rings is 6. The van der Waals surface area contributed by atoms with E-state index < -0.39 is 0 Å². The Hall–Kier alpha value is -4.82. The van der Waals surface area contributed by atoms with Gasteiger partial charge in [-0.25, -0.2) is 0 Å². The average molecular weight is 519 g/mol. The molecule has 0 N–H and O–H groups in total. The van der Waals surface area contributed by atoms with Gasteiger partial charge >= 0.3 is 0 Å². The molecule has 0 aliphatic heterocycles. The van der Waals surface area contributed by atoms with Gasteiger partial charge in [-0.05, 0) is 111 Å². The van der Waals surface area contributed by atoms with Gasteiger partial charge in [0.15, 0.2) is 0 Å². The van der Waals surface area contributed by atoms with Gasteiger partial charge in [0.05, 0.1) is 11.4 Å². The summed E-state index contributed by atoms with van der Waals surface area (Å²) in [5.41, 5.74) is 11.9. The minimum absolute atomic E-state index is 1.15. The molecule has 0 fully saturated rings. The number of anilines is 6. The third-order valence-electron chi connectivity index (χ3n) is 7.40. The highest BCUT2D eigenvalue weighted by Crippen LogP contribution is 2.45. The molecular formula is C38H34N2. The minimum Gasteiger partial charge on any atom is -0.310 e. The Morgan fingerprint density at radius 1 is 0.325 bits per heavy atom. The lowest BCUT2D eigenvalue weighted by Gasteiger charge is -2.31. The van der Waals surface area contributed by atoms with Crippen molar-refractivity contribution in [3.63, 3.8) is 0 Å². The van der Waals surface area contributed by atoms with Crippen molar-refractivity contribution in [3.8, 4) is 0 Å². The Morgan fingerprint density at radius 2 is 0.625 bits per heavy atom. The summed E-state index contributed by atoms with van der Waals surface area (Å²) in [5.74, 6) is 0. The minimum atomic E-state index is 1.15. The fraction of sp³-hybridized carbons (Fsp3) is 0.105. The lowest BCUT2D eigenvalue weighted by Crippen LogP contribution is -2.13. The van der Waals surface area contributed by atoms with Gasteiger partial charge in [-0.2, -0.15) is 0 Å². The maximum Gasteiger partial charge on any atom is 0.0541 e. The first-order valence-electron chi connectivity index (χ1n) is 13.9. The molecule has 0 saturated carbocycles. The number of rotatable bonds is 6. The molecule has 0 heterocycles. The third-order valence-corrected chi connectivity index (χ3v) is 7.40. The van der Waals surface area contributed by atoms with Gasteiger partial charge in [0.1, 0.15) is 0 Å². The van der Waals surface area contributed by atoms with Gasteiger partial charge in [-0.1, -0.05) is 72.8 Å². The van der Waals surface area contributed by atoms with Crippen LogP contribution in [0.15, 0.2) is 133 Å². The van der Waals surface area contributed by atoms with Gasteiger partial charge in [-0.3, -0.25) is 0 Å². The van der Waals surface area contributed by atoms with Crippen molar-refractivity contribution < 1.29 is 0 Å². The second-order valence-electron chi connectivity index (χ2n) is 10.7. The van der Waals surface area contributed by atoms with Crippen molar-refractivity contribution in [3.05, 3.63) is 156 Å². The first-order valence-corrected chi connectivity index (χ1v) is 13.9. The molecule has 0 unspecified atom stereocenters. The molecule has 0 spiro atoms. The van der Waals surface area contributed by atoms with Crippen LogP contribution in [-0.2, 0) is 0 Å².